The predicted molar refractivity (Wildman–Crippen MR) is 72.8 cm³/mol. The molecule has 7 heteroatoms. The van der Waals surface area contributed by atoms with Crippen molar-refractivity contribution in [1.82, 2.24) is 0 Å². The van der Waals surface area contributed by atoms with Crippen molar-refractivity contribution < 1.29 is 14.4 Å². The van der Waals surface area contributed by atoms with Crippen LogP contribution >= 0.6 is 15.9 Å². The van der Waals surface area contributed by atoms with Crippen molar-refractivity contribution in [3.05, 3.63) is 32.5 Å². The molecule has 2 rings (SSSR count). The van der Waals surface area contributed by atoms with Crippen LogP contribution in [-0.2, 0) is 0 Å². The summed E-state index contributed by atoms with van der Waals surface area (Å²) < 4.78 is 13.6. The number of halogens is 2. The quantitative estimate of drug-likeness (QED) is 0.668. The van der Waals surface area contributed by atoms with Crippen LogP contribution in [0.1, 0.15) is 19.8 Å². The Kier molecular flexibility index (Phi) is 3.78. The van der Waals surface area contributed by atoms with Crippen molar-refractivity contribution in [2.24, 2.45) is 0 Å². The summed E-state index contributed by atoms with van der Waals surface area (Å²) in [6.45, 7) is 2.60. The van der Waals surface area contributed by atoms with Crippen LogP contribution < -0.4 is 4.90 Å². The van der Waals surface area contributed by atoms with Crippen molar-refractivity contribution in [1.29, 1.82) is 0 Å². The first-order valence-electron chi connectivity index (χ1n) is 5.91. The van der Waals surface area contributed by atoms with E-state index in [1.54, 1.807) is 11.8 Å². The van der Waals surface area contributed by atoms with E-state index in [9.17, 15) is 19.6 Å². The molecule has 1 aliphatic heterocycles. The lowest BCUT2D eigenvalue weighted by Gasteiger charge is -2.37. The van der Waals surface area contributed by atoms with Crippen LogP contribution in [0.4, 0.5) is 15.8 Å². The Bertz CT molecular complexity index is 522. The van der Waals surface area contributed by atoms with Gasteiger partial charge in [-0.25, -0.2) is 4.39 Å². The van der Waals surface area contributed by atoms with Gasteiger partial charge in [-0.15, -0.1) is 0 Å². The molecule has 0 spiro atoms. The number of rotatable bonds is 2. The fraction of sp³-hybridized carbons (Fsp3) is 0.500. The van der Waals surface area contributed by atoms with E-state index in [1.165, 1.54) is 6.07 Å². The molecule has 5 nitrogen and oxygen atoms in total. The maximum Gasteiger partial charge on any atom is 0.295 e. The van der Waals surface area contributed by atoms with Crippen molar-refractivity contribution >= 4 is 27.3 Å². The first-order chi connectivity index (χ1) is 8.80. The first kappa shape index (κ1) is 14.2. The van der Waals surface area contributed by atoms with Crippen LogP contribution in [0.2, 0.25) is 0 Å². The highest BCUT2D eigenvalue weighted by molar-refractivity contribution is 9.10. The molecule has 1 heterocycles. The van der Waals surface area contributed by atoms with Crippen LogP contribution in [-0.4, -0.2) is 28.7 Å². The average molecular weight is 333 g/mol. The number of piperidine rings is 1. The highest BCUT2D eigenvalue weighted by Crippen LogP contribution is 2.36. The fourth-order valence-electron chi connectivity index (χ4n) is 2.35. The number of hydrogen-bond acceptors (Lipinski definition) is 4. The minimum absolute atomic E-state index is 0.179. The van der Waals surface area contributed by atoms with Gasteiger partial charge in [-0.05, 0) is 41.8 Å². The summed E-state index contributed by atoms with van der Waals surface area (Å²) in [5.41, 5.74) is -0.830. The van der Waals surface area contributed by atoms with Gasteiger partial charge in [0.2, 0.25) is 0 Å². The van der Waals surface area contributed by atoms with Crippen molar-refractivity contribution in [2.75, 3.05) is 18.0 Å². The SMILES string of the molecule is CC1(O)CCCN(c2cc(Br)c(F)cc2[N+](=O)[O-])C1. The molecule has 0 saturated carbocycles. The second-order valence-electron chi connectivity index (χ2n) is 5.03. The number of nitrogens with zero attached hydrogens (tertiary/aromatic N) is 2. The summed E-state index contributed by atoms with van der Waals surface area (Å²) in [7, 11) is 0. The molecule has 0 aromatic heterocycles. The molecule has 1 unspecified atom stereocenters. The van der Waals surface area contributed by atoms with Crippen molar-refractivity contribution in [2.45, 2.75) is 25.4 Å². The largest absolute Gasteiger partial charge is 0.388 e. The lowest BCUT2D eigenvalue weighted by atomic mass is 9.94. The van der Waals surface area contributed by atoms with Gasteiger partial charge in [0.25, 0.3) is 5.69 Å². The maximum atomic E-state index is 13.4. The third-order valence-corrected chi connectivity index (χ3v) is 3.84. The van der Waals surface area contributed by atoms with Gasteiger partial charge in [0.1, 0.15) is 11.5 Å². The predicted octanol–water partition coefficient (Wildman–Crippen LogP) is 2.85. The van der Waals surface area contributed by atoms with Crippen molar-refractivity contribution in [3.63, 3.8) is 0 Å². The van der Waals surface area contributed by atoms with Crippen molar-refractivity contribution in [3.8, 4) is 0 Å². The van der Waals surface area contributed by atoms with Gasteiger partial charge >= 0.3 is 0 Å². The molecule has 1 N–H and O–H groups in total. The third-order valence-electron chi connectivity index (χ3n) is 3.23. The zero-order chi connectivity index (χ0) is 14.2. The smallest absolute Gasteiger partial charge is 0.295 e. The molecule has 1 aromatic carbocycles. The second-order valence-corrected chi connectivity index (χ2v) is 5.89. The van der Waals surface area contributed by atoms with Crippen LogP contribution in [0, 0.1) is 15.9 Å². The van der Waals surface area contributed by atoms with E-state index in [1.807, 2.05) is 0 Å². The topological polar surface area (TPSA) is 66.6 Å². The number of nitro groups is 1. The molecular weight excluding hydrogens is 319 g/mol. The summed E-state index contributed by atoms with van der Waals surface area (Å²) in [6, 6.07) is 2.30. The Morgan fingerprint density at radius 3 is 2.84 bits per heavy atom. The standard InChI is InChI=1S/C12H14BrFN2O3/c1-12(17)3-2-4-15(7-12)10-5-8(13)9(14)6-11(10)16(18)19/h5-6,17H,2-4,7H2,1H3. The van der Waals surface area contributed by atoms with E-state index >= 15 is 0 Å². The van der Waals surface area contributed by atoms with E-state index in [4.69, 9.17) is 0 Å². The zero-order valence-electron chi connectivity index (χ0n) is 10.4. The number of nitro benzene ring substituents is 1. The van der Waals surface area contributed by atoms with E-state index in [0.29, 0.717) is 25.2 Å². The van der Waals surface area contributed by atoms with Crippen LogP contribution in [0.3, 0.4) is 0 Å². The maximum absolute atomic E-state index is 13.4. The summed E-state index contributed by atoms with van der Waals surface area (Å²) in [5.74, 6) is -0.667. The molecule has 1 fully saturated rings. The van der Waals surface area contributed by atoms with Gasteiger partial charge in [-0.2, -0.15) is 0 Å². The number of anilines is 1. The Morgan fingerprint density at radius 2 is 2.26 bits per heavy atom. The molecule has 1 saturated heterocycles. The fourth-order valence-corrected chi connectivity index (χ4v) is 2.68. The van der Waals surface area contributed by atoms with Gasteiger partial charge < -0.3 is 10.0 Å². The molecule has 1 atom stereocenters. The molecule has 0 aliphatic carbocycles. The Labute approximate surface area is 118 Å². The van der Waals surface area contributed by atoms with Gasteiger partial charge in [-0.1, -0.05) is 0 Å². The second kappa shape index (κ2) is 5.05. The summed E-state index contributed by atoms with van der Waals surface area (Å²) >= 11 is 3.04. The molecule has 0 bridgehead atoms. The van der Waals surface area contributed by atoms with E-state index in [0.717, 1.165) is 12.5 Å². The Hall–Kier alpha value is -1.21. The molecule has 0 radical (unpaired) electrons. The summed E-state index contributed by atoms with van der Waals surface area (Å²) in [5, 5.41) is 21.1. The van der Waals surface area contributed by atoms with Gasteiger partial charge in [0, 0.05) is 13.1 Å². The molecule has 1 aliphatic rings. The van der Waals surface area contributed by atoms with Gasteiger partial charge in [0.05, 0.1) is 21.1 Å². The molecule has 0 amide bonds. The summed E-state index contributed by atoms with van der Waals surface area (Å²) in [4.78, 5) is 12.1. The monoisotopic (exact) mass is 332 g/mol. The Balaban J connectivity index is 2.43. The Morgan fingerprint density at radius 1 is 1.58 bits per heavy atom. The lowest BCUT2D eigenvalue weighted by Crippen LogP contribution is -2.46. The minimum atomic E-state index is -0.882. The van der Waals surface area contributed by atoms with Gasteiger partial charge in [-0.3, -0.25) is 10.1 Å². The molecule has 19 heavy (non-hydrogen) atoms. The lowest BCUT2D eigenvalue weighted by molar-refractivity contribution is -0.384. The van der Waals surface area contributed by atoms with Crippen LogP contribution in [0.5, 0.6) is 0 Å². The first-order valence-corrected chi connectivity index (χ1v) is 6.70. The minimum Gasteiger partial charge on any atom is -0.388 e. The molecular formula is C12H14BrFN2O3. The average Bonchev–Trinajstić information content (AvgIpc) is 2.30. The van der Waals surface area contributed by atoms with E-state index < -0.39 is 16.3 Å². The van der Waals surface area contributed by atoms with E-state index in [2.05, 4.69) is 15.9 Å². The van der Waals surface area contributed by atoms with Crippen LogP contribution in [0.25, 0.3) is 0 Å². The third kappa shape index (κ3) is 3.03. The van der Waals surface area contributed by atoms with Gasteiger partial charge in [0.15, 0.2) is 0 Å². The van der Waals surface area contributed by atoms with E-state index in [-0.39, 0.29) is 10.2 Å². The summed E-state index contributed by atoms with van der Waals surface area (Å²) in [6.07, 6.45) is 1.39. The van der Waals surface area contributed by atoms with Crippen LogP contribution in [0.15, 0.2) is 16.6 Å². The highest BCUT2D eigenvalue weighted by Gasteiger charge is 2.32. The highest BCUT2D eigenvalue weighted by atomic mass is 79.9. The number of hydrogen-bond donors (Lipinski definition) is 1. The molecule has 104 valence electrons. The zero-order valence-corrected chi connectivity index (χ0v) is 12.0. The number of aliphatic hydroxyl groups is 1. The molecule has 1 aromatic rings. The normalized spacial score (nSPS) is 23.5. The number of benzene rings is 1. The number of β-amino-alcohol motifs (C(OH)–C–C–N with tert-alkyl or cyclic N) is 1.